The number of nitrogens with zero attached hydrogens (tertiary/aromatic N) is 2. The summed E-state index contributed by atoms with van der Waals surface area (Å²) in [6.07, 6.45) is 0. The van der Waals surface area contributed by atoms with E-state index in [4.69, 9.17) is 16.3 Å². The van der Waals surface area contributed by atoms with Crippen LogP contribution in [0.5, 0.6) is 0 Å². The number of aliphatic hydroxyl groups excluding tert-OH is 1. The van der Waals surface area contributed by atoms with Gasteiger partial charge in [-0.05, 0) is 24.3 Å². The number of carbonyl (C=O) groups is 1. The Hall–Kier alpha value is -1.92. The third-order valence-corrected chi connectivity index (χ3v) is 2.28. The fraction of sp³-hybridized carbons (Fsp3) is 0.250. The first kappa shape index (κ1) is 15.1. The van der Waals surface area contributed by atoms with E-state index in [0.29, 0.717) is 10.7 Å². The third kappa shape index (κ3) is 4.69. The lowest BCUT2D eigenvalue weighted by atomic mass is 10.3. The summed E-state index contributed by atoms with van der Waals surface area (Å²) in [5.74, 6) is -1.15. The van der Waals surface area contributed by atoms with Gasteiger partial charge in [-0.15, -0.1) is 5.11 Å². The number of rotatable bonds is 5. The van der Waals surface area contributed by atoms with Crippen LogP contribution in [0, 0.1) is 0 Å². The molecular formula is C12H13ClN2O4. The molecule has 1 aromatic carbocycles. The first-order valence-electron chi connectivity index (χ1n) is 5.25. The molecule has 0 aliphatic heterocycles. The van der Waals surface area contributed by atoms with Gasteiger partial charge in [0.05, 0.1) is 12.8 Å². The molecule has 0 aliphatic rings. The molecule has 0 heterocycles. The summed E-state index contributed by atoms with van der Waals surface area (Å²) in [5.41, 5.74) is 0.176. The van der Waals surface area contributed by atoms with E-state index in [2.05, 4.69) is 15.0 Å². The van der Waals surface area contributed by atoms with E-state index in [0.717, 1.165) is 0 Å². The lowest BCUT2D eigenvalue weighted by Crippen LogP contribution is -2.08. The highest BCUT2D eigenvalue weighted by Crippen LogP contribution is 2.18. The zero-order valence-corrected chi connectivity index (χ0v) is 11.2. The summed E-state index contributed by atoms with van der Waals surface area (Å²) in [5, 5.41) is 17.7. The van der Waals surface area contributed by atoms with Crippen LogP contribution in [0.4, 0.5) is 5.69 Å². The first-order valence-corrected chi connectivity index (χ1v) is 5.63. The molecule has 1 N–H and O–H groups in total. The van der Waals surface area contributed by atoms with Crippen LogP contribution in [0.2, 0.25) is 5.02 Å². The second-order valence-electron chi connectivity index (χ2n) is 3.40. The zero-order chi connectivity index (χ0) is 14.3. The van der Waals surface area contributed by atoms with Crippen molar-refractivity contribution in [1.29, 1.82) is 0 Å². The maximum Gasteiger partial charge on any atom is 0.362 e. The molecule has 0 radical (unpaired) electrons. The fourth-order valence-corrected chi connectivity index (χ4v) is 1.26. The molecule has 19 heavy (non-hydrogen) atoms. The van der Waals surface area contributed by atoms with Gasteiger partial charge < -0.3 is 14.6 Å². The zero-order valence-electron chi connectivity index (χ0n) is 10.5. The molecule has 0 saturated carbocycles. The molecule has 0 bridgehead atoms. The van der Waals surface area contributed by atoms with Gasteiger partial charge in [-0.1, -0.05) is 11.6 Å². The maximum absolute atomic E-state index is 11.4. The lowest BCUT2D eigenvalue weighted by Gasteiger charge is -2.03. The molecular weight excluding hydrogens is 272 g/mol. The van der Waals surface area contributed by atoms with Gasteiger partial charge in [-0.25, -0.2) is 4.79 Å². The van der Waals surface area contributed by atoms with Crippen LogP contribution < -0.4 is 0 Å². The highest BCUT2D eigenvalue weighted by molar-refractivity contribution is 6.30. The Labute approximate surface area is 115 Å². The normalized spacial score (nSPS) is 12.4. The Kier molecular flexibility index (Phi) is 5.98. The highest BCUT2D eigenvalue weighted by Gasteiger charge is 2.15. The molecule has 1 aromatic rings. The second kappa shape index (κ2) is 7.50. The summed E-state index contributed by atoms with van der Waals surface area (Å²) in [6, 6.07) is 6.50. The van der Waals surface area contributed by atoms with Crippen LogP contribution >= 0.6 is 11.6 Å². The smallest absolute Gasteiger partial charge is 0.362 e. The van der Waals surface area contributed by atoms with E-state index in [1.54, 1.807) is 24.3 Å². The van der Waals surface area contributed by atoms with Crippen molar-refractivity contribution >= 4 is 23.3 Å². The van der Waals surface area contributed by atoms with Gasteiger partial charge in [0, 0.05) is 12.1 Å². The Morgan fingerprint density at radius 2 is 1.95 bits per heavy atom. The molecule has 0 unspecified atom stereocenters. The van der Waals surface area contributed by atoms with Gasteiger partial charge >= 0.3 is 5.97 Å². The molecule has 0 spiro atoms. The van der Waals surface area contributed by atoms with Crippen molar-refractivity contribution in [3.63, 3.8) is 0 Å². The quantitative estimate of drug-likeness (QED) is 0.390. The maximum atomic E-state index is 11.4. The molecule has 0 fully saturated rings. The second-order valence-corrected chi connectivity index (χ2v) is 3.83. The van der Waals surface area contributed by atoms with Crippen LogP contribution in [0.15, 0.2) is 46.0 Å². The average Bonchev–Trinajstić information content (AvgIpc) is 2.41. The average molecular weight is 285 g/mol. The number of halogens is 1. The Morgan fingerprint density at radius 3 is 2.47 bits per heavy atom. The summed E-state index contributed by atoms with van der Waals surface area (Å²) >= 11 is 5.73. The van der Waals surface area contributed by atoms with Gasteiger partial charge in [-0.3, -0.25) is 0 Å². The van der Waals surface area contributed by atoms with Crippen molar-refractivity contribution < 1.29 is 19.4 Å². The van der Waals surface area contributed by atoms with Crippen molar-refractivity contribution in [3.05, 3.63) is 40.7 Å². The van der Waals surface area contributed by atoms with Crippen LogP contribution in [-0.4, -0.2) is 31.9 Å². The minimum Gasteiger partial charge on any atom is -0.507 e. The highest BCUT2D eigenvalue weighted by atomic mass is 35.5. The molecule has 7 heteroatoms. The minimum absolute atomic E-state index is 0.163. The number of ether oxygens (including phenoxy) is 2. The van der Waals surface area contributed by atoms with Crippen molar-refractivity contribution in [3.8, 4) is 0 Å². The molecule has 0 aromatic heterocycles. The van der Waals surface area contributed by atoms with E-state index in [-0.39, 0.29) is 18.1 Å². The fourth-order valence-electron chi connectivity index (χ4n) is 1.13. The van der Waals surface area contributed by atoms with Crippen LogP contribution in [-0.2, 0) is 14.3 Å². The number of carbonyl (C=O) groups excluding carboxylic acids is 1. The van der Waals surface area contributed by atoms with Gasteiger partial charge in [-0.2, -0.15) is 5.11 Å². The number of methoxy groups -OCH3 is 2. The van der Waals surface area contributed by atoms with E-state index in [9.17, 15) is 9.90 Å². The van der Waals surface area contributed by atoms with Crippen molar-refractivity contribution in [2.24, 2.45) is 10.2 Å². The molecule has 102 valence electrons. The predicted molar refractivity (Wildman–Crippen MR) is 69.5 cm³/mol. The lowest BCUT2D eigenvalue weighted by molar-refractivity contribution is -0.136. The number of esters is 1. The third-order valence-electron chi connectivity index (χ3n) is 2.03. The summed E-state index contributed by atoms with van der Waals surface area (Å²) in [7, 11) is 2.56. The number of azo groups is 1. The van der Waals surface area contributed by atoms with Crippen LogP contribution in [0.25, 0.3) is 0 Å². The monoisotopic (exact) mass is 284 g/mol. The topological polar surface area (TPSA) is 80.5 Å². The standard InChI is InChI=1S/C12H13ClN2O4/c1-18-7-10(16)11(12(17)19-2)15-14-9-5-3-8(13)4-6-9/h3-6,16H,7H2,1-2H3/b11-10+,15-14?. The molecule has 0 atom stereocenters. The number of benzene rings is 1. The van der Waals surface area contributed by atoms with Gasteiger partial charge in [0.1, 0.15) is 6.61 Å². The van der Waals surface area contributed by atoms with Crippen LogP contribution in [0.3, 0.4) is 0 Å². The van der Waals surface area contributed by atoms with Crippen LogP contribution in [0.1, 0.15) is 0 Å². The van der Waals surface area contributed by atoms with Crippen molar-refractivity contribution in [2.45, 2.75) is 0 Å². The van der Waals surface area contributed by atoms with E-state index in [1.165, 1.54) is 14.2 Å². The first-order chi connectivity index (χ1) is 9.08. The molecule has 6 nitrogen and oxygen atoms in total. The Bertz CT molecular complexity index is 497. The van der Waals surface area contributed by atoms with Gasteiger partial charge in [0.25, 0.3) is 0 Å². The summed E-state index contributed by atoms with van der Waals surface area (Å²) in [4.78, 5) is 11.4. The number of hydrogen-bond acceptors (Lipinski definition) is 6. The summed E-state index contributed by atoms with van der Waals surface area (Å²) < 4.78 is 9.21. The van der Waals surface area contributed by atoms with Gasteiger partial charge in [0.2, 0.25) is 5.70 Å². The number of hydrogen-bond donors (Lipinski definition) is 1. The Morgan fingerprint density at radius 1 is 1.32 bits per heavy atom. The Balaban J connectivity index is 2.98. The van der Waals surface area contributed by atoms with Gasteiger partial charge in [0.15, 0.2) is 5.76 Å². The predicted octanol–water partition coefficient (Wildman–Crippen LogP) is 3.01. The summed E-state index contributed by atoms with van der Waals surface area (Å²) in [6.45, 7) is -0.163. The van der Waals surface area contributed by atoms with Crippen molar-refractivity contribution in [1.82, 2.24) is 0 Å². The molecule has 1 rings (SSSR count). The molecule has 0 aliphatic carbocycles. The SMILES string of the molecule is COC/C(O)=C(\N=Nc1ccc(Cl)cc1)C(=O)OC. The van der Waals surface area contributed by atoms with E-state index >= 15 is 0 Å². The molecule has 0 saturated heterocycles. The largest absolute Gasteiger partial charge is 0.507 e. The molecule has 0 amide bonds. The van der Waals surface area contributed by atoms with Crippen molar-refractivity contribution in [2.75, 3.05) is 20.8 Å². The van der Waals surface area contributed by atoms with E-state index in [1.807, 2.05) is 0 Å². The van der Waals surface area contributed by atoms with E-state index < -0.39 is 5.97 Å². The number of aliphatic hydroxyl groups is 1. The minimum atomic E-state index is -0.799.